The molecule has 0 aliphatic rings. The molecule has 0 bridgehead atoms. The van der Waals surface area contributed by atoms with Crippen molar-refractivity contribution in [3.63, 3.8) is 0 Å². The van der Waals surface area contributed by atoms with Crippen molar-refractivity contribution in [2.45, 2.75) is 78.1 Å². The molecule has 9 nitrogen and oxygen atoms in total. The standard InChI is InChI=1S/C47H51N3O6/c1-3-5-7-9-14-32-53-42-27-18-36(19-28-42)46(51)55-44-31-22-38(35-48-39-23-25-41(26-24-39)50-49-40-16-12-11-13-17-40)45(34-44)56-47(52)37-20-29-43(30-21-37)54-33-15-10-8-6-4-2/h11-13,16-31,34-35H,3-10,14-15,32-33H2,1-2H3. The van der Waals surface area contributed by atoms with E-state index in [1.54, 1.807) is 66.9 Å². The van der Waals surface area contributed by atoms with Crippen LogP contribution in [-0.2, 0) is 0 Å². The maximum Gasteiger partial charge on any atom is 0.343 e. The van der Waals surface area contributed by atoms with Gasteiger partial charge in [0.05, 0.1) is 41.4 Å². The Morgan fingerprint density at radius 2 is 0.982 bits per heavy atom. The molecule has 5 aromatic carbocycles. The van der Waals surface area contributed by atoms with Gasteiger partial charge in [0.1, 0.15) is 23.0 Å². The highest BCUT2D eigenvalue weighted by Crippen LogP contribution is 2.28. The number of rotatable bonds is 22. The Bertz CT molecular complexity index is 1990. The molecular formula is C47H51N3O6. The molecule has 0 aliphatic carbocycles. The Labute approximate surface area is 330 Å². The number of unbranched alkanes of at least 4 members (excludes halogenated alkanes) is 8. The minimum Gasteiger partial charge on any atom is -0.494 e. The molecule has 0 aliphatic heterocycles. The molecule has 5 aromatic rings. The predicted octanol–water partition coefficient (Wildman–Crippen LogP) is 13.0. The fourth-order valence-corrected chi connectivity index (χ4v) is 5.62. The molecule has 9 heteroatoms. The normalized spacial score (nSPS) is 11.2. The molecule has 0 fully saturated rings. The van der Waals surface area contributed by atoms with E-state index in [4.69, 9.17) is 18.9 Å². The quantitative estimate of drug-likeness (QED) is 0.0229. The van der Waals surface area contributed by atoms with Crippen molar-refractivity contribution in [3.05, 3.63) is 138 Å². The molecule has 5 rings (SSSR count). The second-order valence-electron chi connectivity index (χ2n) is 13.4. The van der Waals surface area contributed by atoms with Crippen LogP contribution in [-0.4, -0.2) is 31.4 Å². The van der Waals surface area contributed by atoms with Gasteiger partial charge in [-0.1, -0.05) is 83.4 Å². The van der Waals surface area contributed by atoms with Crippen molar-refractivity contribution in [1.29, 1.82) is 0 Å². The maximum absolute atomic E-state index is 13.4. The topological polar surface area (TPSA) is 108 Å². The first-order valence-corrected chi connectivity index (χ1v) is 19.7. The summed E-state index contributed by atoms with van der Waals surface area (Å²) in [7, 11) is 0. The molecule has 0 saturated heterocycles. The Balaban J connectivity index is 1.26. The Morgan fingerprint density at radius 1 is 0.500 bits per heavy atom. The number of ether oxygens (including phenoxy) is 4. The highest BCUT2D eigenvalue weighted by molar-refractivity contribution is 5.94. The molecule has 0 spiro atoms. The van der Waals surface area contributed by atoms with Crippen molar-refractivity contribution >= 4 is 35.2 Å². The number of nitrogens with zero attached hydrogens (tertiary/aromatic N) is 3. The third-order valence-corrected chi connectivity index (χ3v) is 8.85. The summed E-state index contributed by atoms with van der Waals surface area (Å²) in [5.74, 6) is 0.630. The lowest BCUT2D eigenvalue weighted by Crippen LogP contribution is -2.11. The number of aliphatic imine (C=N–C) groups is 1. The molecule has 0 saturated carbocycles. The number of carbonyl (C=O) groups is 2. The summed E-state index contributed by atoms with van der Waals surface area (Å²) in [5.41, 5.74) is 3.30. The number of benzene rings is 5. The van der Waals surface area contributed by atoms with Crippen LogP contribution >= 0.6 is 0 Å². The third kappa shape index (κ3) is 14.0. The summed E-state index contributed by atoms with van der Waals surface area (Å²) in [6.07, 6.45) is 13.1. The van der Waals surface area contributed by atoms with Gasteiger partial charge in [0.25, 0.3) is 0 Å². The van der Waals surface area contributed by atoms with E-state index in [9.17, 15) is 9.59 Å². The highest BCUT2D eigenvalue weighted by atomic mass is 16.5. The molecular weight excluding hydrogens is 703 g/mol. The zero-order valence-electron chi connectivity index (χ0n) is 32.4. The molecule has 0 radical (unpaired) electrons. The van der Waals surface area contributed by atoms with Gasteiger partial charge in [-0.2, -0.15) is 10.2 Å². The summed E-state index contributed by atoms with van der Waals surface area (Å²) in [4.78, 5) is 31.1. The molecule has 0 atom stereocenters. The first-order chi connectivity index (χ1) is 27.5. The lowest BCUT2D eigenvalue weighted by molar-refractivity contribution is 0.0732. The molecule has 0 amide bonds. The summed E-state index contributed by atoms with van der Waals surface area (Å²) < 4.78 is 23.3. The van der Waals surface area contributed by atoms with Gasteiger partial charge in [0.2, 0.25) is 0 Å². The van der Waals surface area contributed by atoms with Crippen LogP contribution < -0.4 is 18.9 Å². The average Bonchev–Trinajstić information content (AvgIpc) is 3.23. The summed E-state index contributed by atoms with van der Waals surface area (Å²) in [5, 5.41) is 8.54. The Hall–Kier alpha value is -6.09. The predicted molar refractivity (Wildman–Crippen MR) is 222 cm³/mol. The van der Waals surface area contributed by atoms with Crippen molar-refractivity contribution in [2.24, 2.45) is 15.2 Å². The van der Waals surface area contributed by atoms with Gasteiger partial charge in [-0.3, -0.25) is 4.99 Å². The van der Waals surface area contributed by atoms with Gasteiger partial charge >= 0.3 is 11.9 Å². The van der Waals surface area contributed by atoms with E-state index < -0.39 is 11.9 Å². The van der Waals surface area contributed by atoms with Gasteiger partial charge in [0, 0.05) is 17.8 Å². The van der Waals surface area contributed by atoms with Gasteiger partial charge in [0.15, 0.2) is 0 Å². The first kappa shape index (κ1) is 41.1. The number of hydrogen-bond acceptors (Lipinski definition) is 9. The van der Waals surface area contributed by atoms with E-state index in [2.05, 4.69) is 29.1 Å². The van der Waals surface area contributed by atoms with Crippen LogP contribution in [0.3, 0.4) is 0 Å². The van der Waals surface area contributed by atoms with E-state index in [-0.39, 0.29) is 11.5 Å². The second kappa shape index (κ2) is 23.0. The number of carbonyl (C=O) groups excluding carboxylic acids is 2. The summed E-state index contributed by atoms with van der Waals surface area (Å²) in [6, 6.07) is 35.3. The van der Waals surface area contributed by atoms with Gasteiger partial charge in [-0.05, 0) is 110 Å². The van der Waals surface area contributed by atoms with Crippen molar-refractivity contribution < 1.29 is 28.5 Å². The minimum atomic E-state index is -0.580. The second-order valence-corrected chi connectivity index (χ2v) is 13.4. The summed E-state index contributed by atoms with van der Waals surface area (Å²) >= 11 is 0. The fourth-order valence-electron chi connectivity index (χ4n) is 5.62. The van der Waals surface area contributed by atoms with E-state index in [1.165, 1.54) is 44.6 Å². The van der Waals surface area contributed by atoms with Crippen LogP contribution in [0.4, 0.5) is 17.1 Å². The number of azo groups is 1. The number of hydrogen-bond donors (Lipinski definition) is 0. The smallest absolute Gasteiger partial charge is 0.343 e. The summed E-state index contributed by atoms with van der Waals surface area (Å²) in [6.45, 7) is 5.65. The van der Waals surface area contributed by atoms with Crippen LogP contribution in [0.2, 0.25) is 0 Å². The van der Waals surface area contributed by atoms with Gasteiger partial charge in [-0.25, -0.2) is 9.59 Å². The maximum atomic E-state index is 13.4. The zero-order chi connectivity index (χ0) is 39.2. The van der Waals surface area contributed by atoms with E-state index >= 15 is 0 Å². The SMILES string of the molecule is CCCCCCCOc1ccc(C(=O)Oc2ccc(C=Nc3ccc(N=Nc4ccccc4)cc3)c(OC(=O)c3ccc(OCCCCCCC)cc3)c2)cc1. The molecule has 0 heterocycles. The van der Waals surface area contributed by atoms with Gasteiger partial charge in [-0.15, -0.1) is 0 Å². The fraction of sp³-hybridized carbons (Fsp3) is 0.298. The minimum absolute atomic E-state index is 0.174. The largest absolute Gasteiger partial charge is 0.494 e. The van der Waals surface area contributed by atoms with Crippen LogP contribution in [0.15, 0.2) is 137 Å². The van der Waals surface area contributed by atoms with Crippen molar-refractivity contribution in [2.75, 3.05) is 13.2 Å². The van der Waals surface area contributed by atoms with Crippen LogP contribution in [0.1, 0.15) is 104 Å². The lowest BCUT2D eigenvalue weighted by Gasteiger charge is -2.11. The van der Waals surface area contributed by atoms with Crippen molar-refractivity contribution in [1.82, 2.24) is 0 Å². The molecule has 0 unspecified atom stereocenters. The first-order valence-electron chi connectivity index (χ1n) is 19.7. The van der Waals surface area contributed by atoms with Crippen LogP contribution in [0.5, 0.6) is 23.0 Å². The van der Waals surface area contributed by atoms with E-state index in [0.29, 0.717) is 52.8 Å². The molecule has 0 N–H and O–H groups in total. The third-order valence-electron chi connectivity index (χ3n) is 8.85. The van der Waals surface area contributed by atoms with Crippen molar-refractivity contribution in [3.8, 4) is 23.0 Å². The Kier molecular flexibility index (Phi) is 16.9. The van der Waals surface area contributed by atoms with E-state index in [0.717, 1.165) is 31.4 Å². The average molecular weight is 754 g/mol. The number of esters is 2. The molecule has 56 heavy (non-hydrogen) atoms. The zero-order valence-corrected chi connectivity index (χ0v) is 32.4. The van der Waals surface area contributed by atoms with Gasteiger partial charge < -0.3 is 18.9 Å². The van der Waals surface area contributed by atoms with Crippen LogP contribution in [0.25, 0.3) is 0 Å². The molecule has 0 aromatic heterocycles. The monoisotopic (exact) mass is 753 g/mol. The molecule has 290 valence electrons. The lowest BCUT2D eigenvalue weighted by atomic mass is 10.1. The van der Waals surface area contributed by atoms with E-state index in [1.807, 2.05) is 54.6 Å². The highest BCUT2D eigenvalue weighted by Gasteiger charge is 2.16. The van der Waals surface area contributed by atoms with Crippen LogP contribution in [0, 0.1) is 0 Å². The Morgan fingerprint density at radius 3 is 1.54 bits per heavy atom.